The van der Waals surface area contributed by atoms with Crippen molar-refractivity contribution in [2.45, 2.75) is 71.3 Å². The summed E-state index contributed by atoms with van der Waals surface area (Å²) < 4.78 is 49.9. The summed E-state index contributed by atoms with van der Waals surface area (Å²) in [6, 6.07) is 15.6. The molecule has 0 unspecified atom stereocenters. The van der Waals surface area contributed by atoms with E-state index in [-0.39, 0.29) is 29.7 Å². The van der Waals surface area contributed by atoms with Gasteiger partial charge < -0.3 is 4.74 Å². The number of hydrogen-bond acceptors (Lipinski definition) is 1. The molecule has 34 heavy (non-hydrogen) atoms. The molecule has 1 nitrogen and oxygen atoms in total. The van der Waals surface area contributed by atoms with Crippen LogP contribution in [-0.2, 0) is 13.0 Å². The zero-order chi connectivity index (χ0) is 24.1. The number of hydrogen-bond donors (Lipinski definition) is 0. The van der Waals surface area contributed by atoms with Crippen molar-refractivity contribution in [3.8, 4) is 16.9 Å². The molecule has 0 N–H and O–H groups in total. The highest BCUT2D eigenvalue weighted by molar-refractivity contribution is 5.65. The summed E-state index contributed by atoms with van der Waals surface area (Å²) in [7, 11) is 0. The van der Waals surface area contributed by atoms with Gasteiger partial charge in [-0.05, 0) is 78.3 Å². The average molecular weight is 467 g/mol. The van der Waals surface area contributed by atoms with Gasteiger partial charge in [0.2, 0.25) is 0 Å². The third-order valence-corrected chi connectivity index (χ3v) is 7.17. The Morgan fingerprint density at radius 2 is 1.50 bits per heavy atom. The van der Waals surface area contributed by atoms with E-state index < -0.39 is 11.6 Å². The van der Waals surface area contributed by atoms with Crippen LogP contribution in [0.1, 0.15) is 75.0 Å². The molecule has 4 heteroatoms. The van der Waals surface area contributed by atoms with Gasteiger partial charge >= 0.3 is 0 Å². The Bertz CT molecular complexity index is 1100. The predicted octanol–water partition coefficient (Wildman–Crippen LogP) is 8.99. The number of rotatable bonds is 8. The van der Waals surface area contributed by atoms with E-state index in [9.17, 15) is 8.78 Å². The summed E-state index contributed by atoms with van der Waals surface area (Å²) in [6.45, 7) is 4.44. The molecule has 3 aromatic rings. The molecule has 0 heterocycles. The molecule has 1 saturated carbocycles. The summed E-state index contributed by atoms with van der Waals surface area (Å²) >= 11 is 0. The molecule has 0 saturated heterocycles. The van der Waals surface area contributed by atoms with E-state index in [2.05, 4.69) is 13.8 Å². The van der Waals surface area contributed by atoms with Crippen molar-refractivity contribution in [2.75, 3.05) is 0 Å². The third-order valence-electron chi connectivity index (χ3n) is 7.17. The van der Waals surface area contributed by atoms with E-state index in [0.29, 0.717) is 17.0 Å². The summed E-state index contributed by atoms with van der Waals surface area (Å²) in [5, 5.41) is 0. The zero-order valence-corrected chi connectivity index (χ0v) is 20.0. The Hall–Kier alpha value is -2.75. The summed E-state index contributed by atoms with van der Waals surface area (Å²) in [6.07, 6.45) is 6.95. The maximum atomic E-state index is 15.0. The van der Waals surface area contributed by atoms with Crippen LogP contribution in [0.5, 0.6) is 5.75 Å². The zero-order valence-electron chi connectivity index (χ0n) is 20.0. The first-order valence-corrected chi connectivity index (χ1v) is 12.5. The van der Waals surface area contributed by atoms with E-state index in [1.165, 1.54) is 6.07 Å². The van der Waals surface area contributed by atoms with Gasteiger partial charge in [-0.1, -0.05) is 69.2 Å². The quantitative estimate of drug-likeness (QED) is 0.322. The molecule has 4 rings (SSSR count). The maximum Gasteiger partial charge on any atom is 0.166 e. The van der Waals surface area contributed by atoms with Crippen LogP contribution < -0.4 is 4.74 Å². The summed E-state index contributed by atoms with van der Waals surface area (Å²) in [5.41, 5.74) is 3.15. The molecule has 180 valence electrons. The largest absolute Gasteiger partial charge is 0.486 e. The second kappa shape index (κ2) is 11.1. The topological polar surface area (TPSA) is 9.23 Å². The fourth-order valence-corrected chi connectivity index (χ4v) is 5.03. The van der Waals surface area contributed by atoms with Crippen LogP contribution in [0, 0.1) is 23.4 Å². The summed E-state index contributed by atoms with van der Waals surface area (Å²) in [5.74, 6) is -0.852. The van der Waals surface area contributed by atoms with Crippen molar-refractivity contribution in [3.63, 3.8) is 0 Å². The molecule has 0 aliphatic heterocycles. The second-order valence-corrected chi connectivity index (χ2v) is 9.46. The Balaban J connectivity index is 1.43. The minimum atomic E-state index is -0.784. The van der Waals surface area contributed by atoms with Crippen molar-refractivity contribution in [2.24, 2.45) is 5.92 Å². The normalized spacial score (nSPS) is 18.1. The molecule has 1 aliphatic rings. The highest BCUT2D eigenvalue weighted by atomic mass is 19.2. The molecule has 0 radical (unpaired) electrons. The number of halogens is 3. The molecular formula is C30H33F3O. The monoisotopic (exact) mass is 466 g/mol. The fraction of sp³-hybridized carbons (Fsp3) is 0.400. The van der Waals surface area contributed by atoms with E-state index in [1.807, 2.05) is 6.07 Å². The fourth-order valence-electron chi connectivity index (χ4n) is 5.03. The molecule has 0 amide bonds. The highest BCUT2D eigenvalue weighted by Gasteiger charge is 2.26. The SMILES string of the molecule is CCCc1ccc(OCc2ccc(-c3ccc(C4CCC(CC)CC4)c(F)c3F)cc2)c(F)c1. The lowest BCUT2D eigenvalue weighted by Crippen LogP contribution is -2.14. The van der Waals surface area contributed by atoms with Gasteiger partial charge in [0.25, 0.3) is 0 Å². The smallest absolute Gasteiger partial charge is 0.166 e. The minimum Gasteiger partial charge on any atom is -0.486 e. The van der Waals surface area contributed by atoms with Gasteiger partial charge in [-0.2, -0.15) is 0 Å². The van der Waals surface area contributed by atoms with Crippen LogP contribution >= 0.6 is 0 Å². The maximum absolute atomic E-state index is 15.0. The Morgan fingerprint density at radius 1 is 0.794 bits per heavy atom. The average Bonchev–Trinajstić information content (AvgIpc) is 2.86. The lowest BCUT2D eigenvalue weighted by Gasteiger charge is -2.28. The van der Waals surface area contributed by atoms with Gasteiger partial charge in [0.15, 0.2) is 23.2 Å². The van der Waals surface area contributed by atoms with Crippen LogP contribution in [-0.4, -0.2) is 0 Å². The van der Waals surface area contributed by atoms with Crippen molar-refractivity contribution in [1.82, 2.24) is 0 Å². The molecule has 0 bridgehead atoms. The predicted molar refractivity (Wildman–Crippen MR) is 132 cm³/mol. The molecule has 3 aromatic carbocycles. The van der Waals surface area contributed by atoms with Gasteiger partial charge in [-0.3, -0.25) is 0 Å². The van der Waals surface area contributed by atoms with Crippen LogP contribution in [0.25, 0.3) is 11.1 Å². The summed E-state index contributed by atoms with van der Waals surface area (Å²) in [4.78, 5) is 0. The van der Waals surface area contributed by atoms with Crippen molar-refractivity contribution in [3.05, 3.63) is 88.7 Å². The molecule has 0 aromatic heterocycles. The first-order valence-electron chi connectivity index (χ1n) is 12.5. The number of benzene rings is 3. The number of aryl methyl sites for hydroxylation is 1. The lowest BCUT2D eigenvalue weighted by atomic mass is 9.77. The molecule has 1 fully saturated rings. The van der Waals surface area contributed by atoms with Crippen LogP contribution in [0.3, 0.4) is 0 Å². The lowest BCUT2D eigenvalue weighted by molar-refractivity contribution is 0.290. The minimum absolute atomic E-state index is 0.0994. The Kier molecular flexibility index (Phi) is 7.97. The van der Waals surface area contributed by atoms with Crippen LogP contribution in [0.2, 0.25) is 0 Å². The van der Waals surface area contributed by atoms with E-state index in [1.54, 1.807) is 42.5 Å². The van der Waals surface area contributed by atoms with E-state index in [4.69, 9.17) is 4.74 Å². The highest BCUT2D eigenvalue weighted by Crippen LogP contribution is 2.39. The Labute approximate surface area is 201 Å². The van der Waals surface area contributed by atoms with E-state index >= 15 is 4.39 Å². The van der Waals surface area contributed by atoms with Crippen molar-refractivity contribution >= 4 is 0 Å². The standard InChI is InChI=1S/C30H33F3O/c1-3-5-21-10-17-28(27(31)18-21)34-19-22-8-13-24(14-9-22)26-16-15-25(29(32)30(26)33)23-11-6-20(4-2)7-12-23/h8-10,13-18,20,23H,3-7,11-12,19H2,1-2H3. The van der Waals surface area contributed by atoms with Gasteiger partial charge in [0, 0.05) is 5.56 Å². The van der Waals surface area contributed by atoms with Gasteiger partial charge in [0.1, 0.15) is 6.61 Å². The first-order chi connectivity index (χ1) is 16.5. The molecule has 0 spiro atoms. The second-order valence-electron chi connectivity index (χ2n) is 9.46. The Morgan fingerprint density at radius 3 is 2.15 bits per heavy atom. The van der Waals surface area contributed by atoms with Gasteiger partial charge in [-0.15, -0.1) is 0 Å². The van der Waals surface area contributed by atoms with Crippen LogP contribution in [0.15, 0.2) is 54.6 Å². The molecule has 1 aliphatic carbocycles. The number of ether oxygens (including phenoxy) is 1. The van der Waals surface area contributed by atoms with Crippen molar-refractivity contribution < 1.29 is 17.9 Å². The van der Waals surface area contributed by atoms with E-state index in [0.717, 1.165) is 56.1 Å². The third kappa shape index (κ3) is 5.48. The van der Waals surface area contributed by atoms with Crippen molar-refractivity contribution in [1.29, 1.82) is 0 Å². The first kappa shape index (κ1) is 24.4. The molecule has 0 atom stereocenters. The van der Waals surface area contributed by atoms with Crippen LogP contribution in [0.4, 0.5) is 13.2 Å². The van der Waals surface area contributed by atoms with Gasteiger partial charge in [0.05, 0.1) is 0 Å². The van der Waals surface area contributed by atoms with Gasteiger partial charge in [-0.25, -0.2) is 13.2 Å². The molecular weight excluding hydrogens is 433 g/mol.